The summed E-state index contributed by atoms with van der Waals surface area (Å²) in [6, 6.07) is 3.10. The Morgan fingerprint density at radius 3 is 2.79 bits per heavy atom. The van der Waals surface area contributed by atoms with Gasteiger partial charge < -0.3 is 4.90 Å². The smallest absolute Gasteiger partial charge is 0.274 e. The number of amides is 1. The Hall–Kier alpha value is -1.59. The Kier molecular flexibility index (Phi) is 4.07. The van der Waals surface area contributed by atoms with Crippen molar-refractivity contribution in [2.45, 2.75) is 6.54 Å². The standard InChI is InChI=1S/C12H12Cl2N4O/c1-17(6-8-5-15-18(2)7-8)12(19)11-9(13)3-4-10(14)16-11/h3-5,7H,6H2,1-2H3. The van der Waals surface area contributed by atoms with E-state index in [4.69, 9.17) is 23.2 Å². The number of aryl methyl sites for hydroxylation is 1. The molecule has 100 valence electrons. The molecule has 0 atom stereocenters. The molecule has 0 saturated heterocycles. The van der Waals surface area contributed by atoms with Gasteiger partial charge in [0, 0.05) is 32.4 Å². The highest BCUT2D eigenvalue weighted by atomic mass is 35.5. The Bertz CT molecular complexity index is 612. The zero-order valence-corrected chi connectivity index (χ0v) is 12.0. The SMILES string of the molecule is CN(Cc1cnn(C)c1)C(=O)c1nc(Cl)ccc1Cl. The van der Waals surface area contributed by atoms with Gasteiger partial charge in [-0.15, -0.1) is 0 Å². The lowest BCUT2D eigenvalue weighted by Gasteiger charge is -2.16. The molecule has 0 fully saturated rings. The van der Waals surface area contributed by atoms with Crippen LogP contribution in [0.2, 0.25) is 10.2 Å². The van der Waals surface area contributed by atoms with Gasteiger partial charge in [-0.1, -0.05) is 23.2 Å². The number of rotatable bonds is 3. The van der Waals surface area contributed by atoms with Crippen LogP contribution in [0.25, 0.3) is 0 Å². The van der Waals surface area contributed by atoms with Crippen LogP contribution in [-0.4, -0.2) is 32.6 Å². The molecule has 0 aliphatic heterocycles. The third kappa shape index (κ3) is 3.24. The van der Waals surface area contributed by atoms with Gasteiger partial charge in [-0.05, 0) is 12.1 Å². The minimum Gasteiger partial charge on any atom is -0.336 e. The lowest BCUT2D eigenvalue weighted by molar-refractivity contribution is 0.0779. The maximum absolute atomic E-state index is 12.2. The molecule has 0 radical (unpaired) electrons. The van der Waals surface area contributed by atoms with Crippen molar-refractivity contribution in [1.29, 1.82) is 0 Å². The quantitative estimate of drug-likeness (QED) is 0.818. The van der Waals surface area contributed by atoms with Crippen LogP contribution in [0.3, 0.4) is 0 Å². The molecule has 2 heterocycles. The van der Waals surface area contributed by atoms with Crippen molar-refractivity contribution in [1.82, 2.24) is 19.7 Å². The van der Waals surface area contributed by atoms with E-state index >= 15 is 0 Å². The summed E-state index contributed by atoms with van der Waals surface area (Å²) in [5, 5.41) is 4.57. The summed E-state index contributed by atoms with van der Waals surface area (Å²) < 4.78 is 1.68. The highest BCUT2D eigenvalue weighted by Crippen LogP contribution is 2.18. The van der Waals surface area contributed by atoms with E-state index in [0.717, 1.165) is 5.56 Å². The molecule has 0 unspecified atom stereocenters. The van der Waals surface area contributed by atoms with E-state index in [1.54, 1.807) is 30.1 Å². The van der Waals surface area contributed by atoms with Gasteiger partial charge in [0.15, 0.2) is 0 Å². The molecule has 2 aromatic rings. The van der Waals surface area contributed by atoms with Crippen LogP contribution >= 0.6 is 23.2 Å². The first kappa shape index (κ1) is 13.8. The van der Waals surface area contributed by atoms with Gasteiger partial charge in [0.1, 0.15) is 10.8 Å². The Labute approximate surface area is 120 Å². The maximum Gasteiger partial charge on any atom is 0.274 e. The summed E-state index contributed by atoms with van der Waals surface area (Å²) >= 11 is 11.7. The number of halogens is 2. The fourth-order valence-electron chi connectivity index (χ4n) is 1.65. The molecule has 0 spiro atoms. The number of nitrogens with zero attached hydrogens (tertiary/aromatic N) is 4. The number of carbonyl (C=O) groups is 1. The first-order valence-corrected chi connectivity index (χ1v) is 6.28. The molecule has 5 nitrogen and oxygen atoms in total. The van der Waals surface area contributed by atoms with Gasteiger partial charge >= 0.3 is 0 Å². The largest absolute Gasteiger partial charge is 0.336 e. The topological polar surface area (TPSA) is 51.0 Å². The molecule has 0 bridgehead atoms. The van der Waals surface area contributed by atoms with Crippen molar-refractivity contribution in [2.75, 3.05) is 7.05 Å². The molecular weight excluding hydrogens is 287 g/mol. The van der Waals surface area contributed by atoms with Crippen molar-refractivity contribution in [3.05, 3.63) is 46.0 Å². The fourth-order valence-corrected chi connectivity index (χ4v) is 1.98. The molecule has 0 N–H and O–H groups in total. The van der Waals surface area contributed by atoms with E-state index in [1.165, 1.54) is 4.90 Å². The summed E-state index contributed by atoms with van der Waals surface area (Å²) in [4.78, 5) is 17.7. The van der Waals surface area contributed by atoms with Crippen LogP contribution in [0, 0.1) is 0 Å². The van der Waals surface area contributed by atoms with Crippen LogP contribution in [0.5, 0.6) is 0 Å². The van der Waals surface area contributed by atoms with Gasteiger partial charge in [-0.2, -0.15) is 5.10 Å². The molecule has 0 aliphatic rings. The molecule has 2 aromatic heterocycles. The molecule has 1 amide bonds. The average Bonchev–Trinajstić information content (AvgIpc) is 2.77. The third-order valence-corrected chi connectivity index (χ3v) is 3.05. The first-order chi connectivity index (χ1) is 8.97. The Morgan fingerprint density at radius 1 is 1.42 bits per heavy atom. The maximum atomic E-state index is 12.2. The van der Waals surface area contributed by atoms with Crippen molar-refractivity contribution in [2.24, 2.45) is 7.05 Å². The number of pyridine rings is 1. The molecule has 19 heavy (non-hydrogen) atoms. The number of carbonyl (C=O) groups excluding carboxylic acids is 1. The fraction of sp³-hybridized carbons (Fsp3) is 0.250. The summed E-state index contributed by atoms with van der Waals surface area (Å²) in [6.45, 7) is 0.428. The molecule has 0 saturated carbocycles. The monoisotopic (exact) mass is 298 g/mol. The normalized spacial score (nSPS) is 10.5. The second-order valence-corrected chi connectivity index (χ2v) is 4.94. The van der Waals surface area contributed by atoms with Crippen molar-refractivity contribution >= 4 is 29.1 Å². The molecule has 0 aromatic carbocycles. The van der Waals surface area contributed by atoms with Gasteiger partial charge in [0.2, 0.25) is 0 Å². The molecule has 2 rings (SSSR count). The van der Waals surface area contributed by atoms with Crippen LogP contribution in [0.1, 0.15) is 16.1 Å². The van der Waals surface area contributed by atoms with Crippen molar-refractivity contribution in [3.8, 4) is 0 Å². The highest BCUT2D eigenvalue weighted by molar-refractivity contribution is 6.34. The predicted molar refractivity (Wildman–Crippen MR) is 73.3 cm³/mol. The minimum absolute atomic E-state index is 0.153. The first-order valence-electron chi connectivity index (χ1n) is 5.52. The average molecular weight is 299 g/mol. The molecular formula is C12H12Cl2N4O. The van der Waals surface area contributed by atoms with Gasteiger partial charge in [0.25, 0.3) is 5.91 Å². The summed E-state index contributed by atoms with van der Waals surface area (Å²) in [5.74, 6) is -0.281. The van der Waals surface area contributed by atoms with Crippen LogP contribution in [-0.2, 0) is 13.6 Å². The van der Waals surface area contributed by atoms with E-state index in [-0.39, 0.29) is 21.8 Å². The third-order valence-electron chi connectivity index (χ3n) is 2.54. The van der Waals surface area contributed by atoms with E-state index < -0.39 is 0 Å². The molecule has 0 aliphatic carbocycles. The summed E-state index contributed by atoms with van der Waals surface area (Å²) in [5.41, 5.74) is 1.08. The Morgan fingerprint density at radius 2 is 2.16 bits per heavy atom. The van der Waals surface area contributed by atoms with E-state index in [2.05, 4.69) is 10.1 Å². The molecule has 7 heteroatoms. The zero-order chi connectivity index (χ0) is 14.0. The van der Waals surface area contributed by atoms with Gasteiger partial charge in [-0.3, -0.25) is 9.48 Å². The second-order valence-electron chi connectivity index (χ2n) is 4.15. The Balaban J connectivity index is 2.16. The number of hydrogen-bond donors (Lipinski definition) is 0. The minimum atomic E-state index is -0.281. The zero-order valence-electron chi connectivity index (χ0n) is 10.5. The van der Waals surface area contributed by atoms with E-state index in [9.17, 15) is 4.79 Å². The predicted octanol–water partition coefficient (Wildman–Crippen LogP) is 2.39. The summed E-state index contributed by atoms with van der Waals surface area (Å²) in [6.07, 6.45) is 3.55. The lowest BCUT2D eigenvalue weighted by Crippen LogP contribution is -2.27. The van der Waals surface area contributed by atoms with Crippen LogP contribution in [0.4, 0.5) is 0 Å². The highest BCUT2D eigenvalue weighted by Gasteiger charge is 2.18. The van der Waals surface area contributed by atoms with E-state index in [1.807, 2.05) is 13.2 Å². The number of aromatic nitrogens is 3. The number of hydrogen-bond acceptors (Lipinski definition) is 3. The van der Waals surface area contributed by atoms with Gasteiger partial charge in [-0.25, -0.2) is 4.98 Å². The summed E-state index contributed by atoms with van der Waals surface area (Å²) in [7, 11) is 3.50. The van der Waals surface area contributed by atoms with Crippen LogP contribution in [0.15, 0.2) is 24.5 Å². The van der Waals surface area contributed by atoms with Crippen molar-refractivity contribution < 1.29 is 4.79 Å². The van der Waals surface area contributed by atoms with Gasteiger partial charge in [0.05, 0.1) is 11.2 Å². The lowest BCUT2D eigenvalue weighted by atomic mass is 10.3. The van der Waals surface area contributed by atoms with E-state index in [0.29, 0.717) is 6.54 Å². The van der Waals surface area contributed by atoms with Crippen LogP contribution < -0.4 is 0 Å². The van der Waals surface area contributed by atoms with Crippen molar-refractivity contribution in [3.63, 3.8) is 0 Å². The second kappa shape index (κ2) is 5.59.